The minimum atomic E-state index is -0.589. The zero-order valence-corrected chi connectivity index (χ0v) is 8.50. The fourth-order valence-electron chi connectivity index (χ4n) is 0.978. The van der Waals surface area contributed by atoms with Gasteiger partial charge in [-0.15, -0.1) is 0 Å². The first-order valence-corrected chi connectivity index (χ1v) is 4.87. The molecule has 0 bridgehead atoms. The summed E-state index contributed by atoms with van der Waals surface area (Å²) in [6, 6.07) is -0.592. The van der Waals surface area contributed by atoms with Crippen molar-refractivity contribution in [3.8, 4) is 0 Å². The summed E-state index contributed by atoms with van der Waals surface area (Å²) in [5, 5.41) is 5.24. The Kier molecular flexibility index (Phi) is 3.73. The van der Waals surface area contributed by atoms with Crippen LogP contribution in [-0.2, 0) is 9.53 Å². The lowest BCUT2D eigenvalue weighted by atomic mass is 10.3. The highest BCUT2D eigenvalue weighted by Crippen LogP contribution is 2.18. The number of hydrogen-bond acceptors (Lipinski definition) is 3. The average Bonchev–Trinajstić information content (AvgIpc) is 2.88. The molecule has 0 aromatic heterocycles. The van der Waals surface area contributed by atoms with Crippen LogP contribution in [0.2, 0.25) is 0 Å². The quantitative estimate of drug-likeness (QED) is 0.645. The molecule has 0 saturated heterocycles. The second kappa shape index (κ2) is 4.83. The molecule has 2 N–H and O–H groups in total. The van der Waals surface area contributed by atoms with Crippen LogP contribution in [0.15, 0.2) is 0 Å². The number of carbonyl (C=O) groups is 2. The topological polar surface area (TPSA) is 67.4 Å². The Morgan fingerprint density at radius 1 is 1.50 bits per heavy atom. The first-order valence-electron chi connectivity index (χ1n) is 4.87. The fraction of sp³-hybridized carbons (Fsp3) is 0.778. The Morgan fingerprint density at radius 3 is 2.64 bits per heavy atom. The molecule has 0 spiro atoms. The number of urea groups is 1. The zero-order valence-electron chi connectivity index (χ0n) is 8.50. The lowest BCUT2D eigenvalue weighted by molar-refractivity contribution is -0.144. The van der Waals surface area contributed by atoms with E-state index in [9.17, 15) is 9.59 Å². The molecule has 0 aromatic carbocycles. The first kappa shape index (κ1) is 10.8. The van der Waals surface area contributed by atoms with Gasteiger partial charge in [0.15, 0.2) is 0 Å². The van der Waals surface area contributed by atoms with Gasteiger partial charge in [-0.2, -0.15) is 0 Å². The molecule has 1 aliphatic carbocycles. The molecule has 0 aliphatic heterocycles. The van der Waals surface area contributed by atoms with Crippen LogP contribution < -0.4 is 10.6 Å². The van der Waals surface area contributed by atoms with Crippen molar-refractivity contribution in [3.63, 3.8) is 0 Å². The molecule has 2 amide bonds. The van der Waals surface area contributed by atoms with Crippen molar-refractivity contribution in [1.82, 2.24) is 10.6 Å². The molecule has 1 unspecified atom stereocenters. The molecule has 0 aromatic rings. The van der Waals surface area contributed by atoms with E-state index in [0.717, 1.165) is 12.8 Å². The summed E-state index contributed by atoms with van der Waals surface area (Å²) in [7, 11) is 0. The molecule has 80 valence electrons. The van der Waals surface area contributed by atoms with Crippen molar-refractivity contribution < 1.29 is 14.3 Å². The molecule has 0 heterocycles. The van der Waals surface area contributed by atoms with Crippen LogP contribution in [0.1, 0.15) is 26.7 Å². The maximum Gasteiger partial charge on any atom is 0.328 e. The number of carbonyl (C=O) groups excluding carboxylic acids is 2. The van der Waals surface area contributed by atoms with Gasteiger partial charge in [-0.25, -0.2) is 9.59 Å². The summed E-state index contributed by atoms with van der Waals surface area (Å²) in [6.45, 7) is 3.66. The largest absolute Gasteiger partial charge is 0.464 e. The Morgan fingerprint density at radius 2 is 2.14 bits per heavy atom. The number of ether oxygens (including phenoxy) is 1. The average molecular weight is 200 g/mol. The van der Waals surface area contributed by atoms with Crippen LogP contribution in [0, 0.1) is 0 Å². The summed E-state index contributed by atoms with van der Waals surface area (Å²) in [6.07, 6.45) is 2.06. The predicted octanol–water partition coefficient (Wildman–Crippen LogP) is 0.400. The van der Waals surface area contributed by atoms with Crippen molar-refractivity contribution >= 4 is 12.0 Å². The molecule has 1 aliphatic rings. The third kappa shape index (κ3) is 3.64. The predicted molar refractivity (Wildman–Crippen MR) is 50.8 cm³/mol. The summed E-state index contributed by atoms with van der Waals surface area (Å²) in [4.78, 5) is 22.3. The van der Waals surface area contributed by atoms with Gasteiger partial charge >= 0.3 is 12.0 Å². The second-order valence-corrected chi connectivity index (χ2v) is 3.37. The molecule has 0 radical (unpaired) electrons. The van der Waals surface area contributed by atoms with Crippen LogP contribution in [0.25, 0.3) is 0 Å². The summed E-state index contributed by atoms with van der Waals surface area (Å²) >= 11 is 0. The monoisotopic (exact) mass is 200 g/mol. The van der Waals surface area contributed by atoms with Crippen LogP contribution in [0.3, 0.4) is 0 Å². The van der Waals surface area contributed by atoms with Gasteiger partial charge in [-0.05, 0) is 26.7 Å². The van der Waals surface area contributed by atoms with Crippen LogP contribution in [-0.4, -0.2) is 30.7 Å². The molecular formula is C9H16N2O3. The van der Waals surface area contributed by atoms with Crippen LogP contribution in [0.4, 0.5) is 4.79 Å². The van der Waals surface area contributed by atoms with Gasteiger partial charge in [0.05, 0.1) is 6.61 Å². The third-order valence-corrected chi connectivity index (χ3v) is 1.90. The van der Waals surface area contributed by atoms with Gasteiger partial charge in [0, 0.05) is 6.04 Å². The Bertz CT molecular complexity index is 226. The van der Waals surface area contributed by atoms with E-state index in [1.807, 2.05) is 0 Å². The van der Waals surface area contributed by atoms with E-state index >= 15 is 0 Å². The van der Waals surface area contributed by atoms with Crippen LogP contribution in [0.5, 0.6) is 0 Å². The fourth-order valence-corrected chi connectivity index (χ4v) is 0.978. The van der Waals surface area contributed by atoms with Gasteiger partial charge in [0.25, 0.3) is 0 Å². The highest BCUT2D eigenvalue weighted by Gasteiger charge is 2.24. The standard InChI is InChI=1S/C9H16N2O3/c1-3-14-8(12)6(2)10-9(13)11-7-4-5-7/h6-7H,3-5H2,1-2H3,(H2,10,11,13). The second-order valence-electron chi connectivity index (χ2n) is 3.37. The van der Waals surface area contributed by atoms with Crippen molar-refractivity contribution in [3.05, 3.63) is 0 Å². The number of amides is 2. The SMILES string of the molecule is CCOC(=O)C(C)NC(=O)NC1CC1. The lowest BCUT2D eigenvalue weighted by Gasteiger charge is -2.12. The van der Waals surface area contributed by atoms with Crippen molar-refractivity contribution in [2.75, 3.05) is 6.61 Å². The van der Waals surface area contributed by atoms with E-state index in [1.165, 1.54) is 0 Å². The minimum absolute atomic E-state index is 0.296. The van der Waals surface area contributed by atoms with Crippen molar-refractivity contribution in [2.24, 2.45) is 0 Å². The minimum Gasteiger partial charge on any atom is -0.464 e. The number of hydrogen-bond donors (Lipinski definition) is 2. The molecule has 1 rings (SSSR count). The maximum atomic E-state index is 11.2. The number of esters is 1. The van der Waals surface area contributed by atoms with Gasteiger partial charge < -0.3 is 15.4 Å². The Balaban J connectivity index is 2.20. The highest BCUT2D eigenvalue weighted by atomic mass is 16.5. The van der Waals surface area contributed by atoms with Crippen molar-refractivity contribution in [1.29, 1.82) is 0 Å². The molecular weight excluding hydrogens is 184 g/mol. The lowest BCUT2D eigenvalue weighted by Crippen LogP contribution is -2.45. The van der Waals surface area contributed by atoms with Crippen LogP contribution >= 0.6 is 0 Å². The molecule has 1 atom stereocenters. The molecule has 5 nitrogen and oxygen atoms in total. The van der Waals surface area contributed by atoms with E-state index in [1.54, 1.807) is 13.8 Å². The zero-order chi connectivity index (χ0) is 10.6. The Labute approximate surface area is 83.2 Å². The van der Waals surface area contributed by atoms with E-state index < -0.39 is 12.0 Å². The van der Waals surface area contributed by atoms with Gasteiger partial charge in [-0.3, -0.25) is 0 Å². The van der Waals surface area contributed by atoms with E-state index in [2.05, 4.69) is 10.6 Å². The number of rotatable bonds is 4. The summed E-state index contributed by atoms with van der Waals surface area (Å²) < 4.78 is 4.74. The van der Waals surface area contributed by atoms with Gasteiger partial charge in [-0.1, -0.05) is 0 Å². The number of nitrogens with one attached hydrogen (secondary N) is 2. The molecule has 1 saturated carbocycles. The van der Waals surface area contributed by atoms with Gasteiger partial charge in [0.1, 0.15) is 6.04 Å². The normalized spacial score (nSPS) is 17.0. The Hall–Kier alpha value is -1.26. The van der Waals surface area contributed by atoms with E-state index in [0.29, 0.717) is 12.6 Å². The van der Waals surface area contributed by atoms with Gasteiger partial charge in [0.2, 0.25) is 0 Å². The molecule has 5 heteroatoms. The smallest absolute Gasteiger partial charge is 0.328 e. The van der Waals surface area contributed by atoms with Crippen molar-refractivity contribution in [2.45, 2.75) is 38.8 Å². The molecule has 14 heavy (non-hydrogen) atoms. The summed E-state index contributed by atoms with van der Waals surface area (Å²) in [5.74, 6) is -0.404. The van der Waals surface area contributed by atoms with E-state index in [-0.39, 0.29) is 6.03 Å². The first-order chi connectivity index (χ1) is 6.63. The highest BCUT2D eigenvalue weighted by molar-refractivity contribution is 5.83. The third-order valence-electron chi connectivity index (χ3n) is 1.90. The maximum absolute atomic E-state index is 11.2. The molecule has 1 fully saturated rings. The van der Waals surface area contributed by atoms with E-state index in [4.69, 9.17) is 4.74 Å². The summed E-state index contributed by atoms with van der Waals surface area (Å²) in [5.41, 5.74) is 0.